The Morgan fingerprint density at radius 2 is 1.91 bits per heavy atom. The molecule has 1 aliphatic carbocycles. The average molecular weight is 617 g/mol. The summed E-state index contributed by atoms with van der Waals surface area (Å²) >= 11 is 0. The highest BCUT2D eigenvalue weighted by Crippen LogP contribution is 2.37. The Kier molecular flexibility index (Phi) is 8.04. The molecule has 3 aromatic heterocycles. The number of nitrogens with zero attached hydrogens (tertiary/aromatic N) is 5. The minimum atomic E-state index is -0.981. The van der Waals surface area contributed by atoms with Crippen LogP contribution >= 0.6 is 0 Å². The number of aromatic amines is 1. The van der Waals surface area contributed by atoms with Crippen LogP contribution in [0.1, 0.15) is 75.6 Å². The van der Waals surface area contributed by atoms with Crippen LogP contribution in [0.3, 0.4) is 0 Å². The molecule has 1 fully saturated rings. The summed E-state index contributed by atoms with van der Waals surface area (Å²) in [5.41, 5.74) is 2.24. The van der Waals surface area contributed by atoms with Gasteiger partial charge in [0.25, 0.3) is 5.56 Å². The number of hydrogen-bond donors (Lipinski definition) is 2. The van der Waals surface area contributed by atoms with Crippen molar-refractivity contribution in [3.63, 3.8) is 0 Å². The van der Waals surface area contributed by atoms with E-state index in [4.69, 9.17) is 4.74 Å². The quantitative estimate of drug-likeness (QED) is 0.229. The molecule has 6 rings (SSSR count). The summed E-state index contributed by atoms with van der Waals surface area (Å²) in [6.45, 7) is 9.08. The highest BCUT2D eigenvalue weighted by Gasteiger charge is 2.38. The Labute approximate surface area is 258 Å². The molecule has 0 aliphatic heterocycles. The Morgan fingerprint density at radius 3 is 2.56 bits per heavy atom. The third-order valence-electron chi connectivity index (χ3n) is 8.66. The van der Waals surface area contributed by atoms with E-state index in [1.807, 2.05) is 26.0 Å². The van der Waals surface area contributed by atoms with E-state index in [2.05, 4.69) is 24.7 Å². The zero-order valence-electron chi connectivity index (χ0n) is 26.0. The molecular formula is C33H37FN6O5. The molecule has 1 aliphatic rings. The van der Waals surface area contributed by atoms with Crippen molar-refractivity contribution in [3.05, 3.63) is 91.8 Å². The maximum atomic E-state index is 15.9. The van der Waals surface area contributed by atoms with Crippen molar-refractivity contribution in [2.75, 3.05) is 0 Å². The number of fused-ring (bicyclic) bond motifs is 1. The lowest BCUT2D eigenvalue weighted by Gasteiger charge is -2.40. The first-order chi connectivity index (χ1) is 21.4. The molecule has 1 unspecified atom stereocenters. The third-order valence-corrected chi connectivity index (χ3v) is 8.66. The highest BCUT2D eigenvalue weighted by atomic mass is 19.1. The van der Waals surface area contributed by atoms with Crippen molar-refractivity contribution >= 4 is 5.78 Å². The van der Waals surface area contributed by atoms with E-state index in [0.29, 0.717) is 58.7 Å². The zero-order valence-corrected chi connectivity index (χ0v) is 26.0. The van der Waals surface area contributed by atoms with Gasteiger partial charge in [-0.15, -0.1) is 0 Å². The molecule has 5 aromatic rings. The lowest BCUT2D eigenvalue weighted by atomic mass is 9.88. The van der Waals surface area contributed by atoms with Gasteiger partial charge in [-0.05, 0) is 69.7 Å². The number of nitrogens with one attached hydrogen (secondary N) is 1. The van der Waals surface area contributed by atoms with E-state index < -0.39 is 17.2 Å². The summed E-state index contributed by atoms with van der Waals surface area (Å²) in [6.07, 6.45) is 2.13. The van der Waals surface area contributed by atoms with E-state index in [1.54, 1.807) is 54.1 Å². The lowest BCUT2D eigenvalue weighted by molar-refractivity contribution is -0.138. The van der Waals surface area contributed by atoms with Gasteiger partial charge in [-0.3, -0.25) is 18.9 Å². The van der Waals surface area contributed by atoms with Crippen molar-refractivity contribution in [2.45, 2.75) is 90.6 Å². The average Bonchev–Trinajstić information content (AvgIpc) is 3.58. The molecule has 12 heteroatoms. The maximum Gasteiger partial charge on any atom is 0.439 e. The number of hydrogen-bond acceptors (Lipinski definition) is 8. The fourth-order valence-corrected chi connectivity index (χ4v) is 5.88. The molecule has 0 amide bonds. The van der Waals surface area contributed by atoms with E-state index in [-0.39, 0.29) is 36.1 Å². The molecular weight excluding hydrogens is 579 g/mol. The van der Waals surface area contributed by atoms with Gasteiger partial charge in [0.05, 0.1) is 23.5 Å². The summed E-state index contributed by atoms with van der Waals surface area (Å²) in [5.74, 6) is 0.129. The molecule has 11 nitrogen and oxygen atoms in total. The molecule has 45 heavy (non-hydrogen) atoms. The van der Waals surface area contributed by atoms with Crippen LogP contribution < -0.4 is 11.3 Å². The van der Waals surface area contributed by atoms with Crippen molar-refractivity contribution in [2.24, 2.45) is 0 Å². The number of benzene rings is 2. The smallest absolute Gasteiger partial charge is 0.388 e. The Balaban J connectivity index is 1.36. The number of aryl methyl sites for hydroxylation is 2. The van der Waals surface area contributed by atoms with Crippen LogP contribution in [-0.4, -0.2) is 52.2 Å². The Bertz CT molecular complexity index is 1980. The SMILES string of the molecule is CCCc1c(Cc2ccc(-c3ccccc3-c3noc(=O)[nH]3)cc2F)c(=O)n(C2CC(OC(C)C(C)(C)O)C2)c2nc(C)nn12. The lowest BCUT2D eigenvalue weighted by Crippen LogP contribution is -2.45. The van der Waals surface area contributed by atoms with Gasteiger partial charge in [-0.1, -0.05) is 54.9 Å². The predicted octanol–water partition coefficient (Wildman–Crippen LogP) is 4.77. The summed E-state index contributed by atoms with van der Waals surface area (Å²) in [7, 11) is 0. The second kappa shape index (κ2) is 11.8. The van der Waals surface area contributed by atoms with Gasteiger partial charge in [0.1, 0.15) is 11.6 Å². The van der Waals surface area contributed by atoms with Gasteiger partial charge in [0.15, 0.2) is 5.82 Å². The standard InChI is InChI=1S/C33H37FN6O5/c1-6-9-28-26(14-21-13-12-20(15-27(21)34)24-10-7-8-11-25(24)29-36-32(42)45-38-29)30(41)39(31-35-19(3)37-40(28)31)22-16-23(17-22)44-18(2)33(4,5)43/h7-8,10-13,15,18,22-23,43H,6,9,14,16-17H2,1-5H3,(H,36,38,42). The summed E-state index contributed by atoms with van der Waals surface area (Å²) in [4.78, 5) is 33.0. The van der Waals surface area contributed by atoms with Gasteiger partial charge in [0.2, 0.25) is 5.78 Å². The van der Waals surface area contributed by atoms with Crippen LogP contribution in [-0.2, 0) is 17.6 Å². The second-order valence-corrected chi connectivity index (χ2v) is 12.4. The molecule has 2 N–H and O–H groups in total. The summed E-state index contributed by atoms with van der Waals surface area (Å²) in [6, 6.07) is 11.9. The van der Waals surface area contributed by atoms with E-state index in [9.17, 15) is 14.7 Å². The van der Waals surface area contributed by atoms with Gasteiger partial charge in [0, 0.05) is 23.6 Å². The van der Waals surface area contributed by atoms with Gasteiger partial charge in [-0.2, -0.15) is 10.1 Å². The highest BCUT2D eigenvalue weighted by molar-refractivity contribution is 5.80. The van der Waals surface area contributed by atoms with Crippen molar-refractivity contribution in [3.8, 4) is 22.5 Å². The fourth-order valence-electron chi connectivity index (χ4n) is 5.88. The normalized spacial score (nSPS) is 17.5. The van der Waals surface area contributed by atoms with Gasteiger partial charge >= 0.3 is 5.76 Å². The van der Waals surface area contributed by atoms with E-state index in [1.165, 1.54) is 6.07 Å². The predicted molar refractivity (Wildman–Crippen MR) is 166 cm³/mol. The van der Waals surface area contributed by atoms with Crippen molar-refractivity contribution in [1.82, 2.24) is 29.3 Å². The maximum absolute atomic E-state index is 15.9. The van der Waals surface area contributed by atoms with Gasteiger partial charge in [-0.25, -0.2) is 13.7 Å². The van der Waals surface area contributed by atoms with E-state index >= 15 is 4.39 Å². The monoisotopic (exact) mass is 616 g/mol. The Hall–Kier alpha value is -4.42. The van der Waals surface area contributed by atoms with Crippen LogP contribution in [0.25, 0.3) is 28.3 Å². The van der Waals surface area contributed by atoms with Gasteiger partial charge < -0.3 is 9.84 Å². The number of H-pyrrole nitrogens is 1. The molecule has 3 heterocycles. The summed E-state index contributed by atoms with van der Waals surface area (Å²) < 4.78 is 30.0. The van der Waals surface area contributed by atoms with Crippen LogP contribution in [0.15, 0.2) is 56.6 Å². The molecule has 1 atom stereocenters. The third kappa shape index (κ3) is 5.87. The van der Waals surface area contributed by atoms with Crippen molar-refractivity contribution in [1.29, 1.82) is 0 Å². The number of aliphatic hydroxyl groups is 1. The first-order valence-electron chi connectivity index (χ1n) is 15.3. The first-order valence-corrected chi connectivity index (χ1v) is 15.3. The van der Waals surface area contributed by atoms with E-state index in [0.717, 1.165) is 12.1 Å². The molecule has 0 saturated heterocycles. The van der Waals surface area contributed by atoms with Crippen molar-refractivity contribution < 1.29 is 18.8 Å². The number of aromatic nitrogens is 6. The Morgan fingerprint density at radius 1 is 1.18 bits per heavy atom. The largest absolute Gasteiger partial charge is 0.439 e. The zero-order chi connectivity index (χ0) is 32.0. The topological polar surface area (TPSA) is 141 Å². The van der Waals surface area contributed by atoms with Crippen LogP contribution in [0.5, 0.6) is 0 Å². The molecule has 236 valence electrons. The number of halogens is 1. The molecule has 2 aromatic carbocycles. The fraction of sp³-hybridized carbons (Fsp3) is 0.424. The number of ether oxygens (including phenoxy) is 1. The number of rotatable bonds is 10. The molecule has 0 spiro atoms. The van der Waals surface area contributed by atoms with Crippen LogP contribution in [0.2, 0.25) is 0 Å². The second-order valence-electron chi connectivity index (χ2n) is 12.4. The van der Waals surface area contributed by atoms with Crippen LogP contribution in [0, 0.1) is 12.7 Å². The first kappa shape index (κ1) is 30.6. The minimum Gasteiger partial charge on any atom is -0.388 e. The molecule has 0 radical (unpaired) electrons. The summed E-state index contributed by atoms with van der Waals surface area (Å²) in [5, 5.41) is 18.7. The molecule has 0 bridgehead atoms. The minimum absolute atomic E-state index is 0.0791. The molecule has 1 saturated carbocycles. The van der Waals surface area contributed by atoms with Crippen LogP contribution in [0.4, 0.5) is 4.39 Å².